The number of fused-ring (bicyclic) bond motifs is 1. The van der Waals surface area contributed by atoms with Crippen LogP contribution in [0.3, 0.4) is 0 Å². The molecule has 0 atom stereocenters. The molecule has 3 heterocycles. The minimum Gasteiger partial charge on any atom is -0.370 e. The predicted molar refractivity (Wildman–Crippen MR) is 123 cm³/mol. The van der Waals surface area contributed by atoms with E-state index in [9.17, 15) is 5.21 Å². The van der Waals surface area contributed by atoms with E-state index in [1.54, 1.807) is 4.68 Å². The number of nitrogens with zero attached hydrogens (tertiary/aromatic N) is 5. The molecule has 1 saturated heterocycles. The molecule has 0 radical (unpaired) electrons. The van der Waals surface area contributed by atoms with Crippen molar-refractivity contribution in [1.29, 1.82) is 0 Å². The fraction of sp³-hybridized carbons (Fsp3) is 0.292. The number of hydrogen-bond acceptors (Lipinski definition) is 6. The van der Waals surface area contributed by atoms with E-state index in [1.807, 2.05) is 43.8 Å². The Morgan fingerprint density at radius 1 is 1.09 bits per heavy atom. The van der Waals surface area contributed by atoms with Gasteiger partial charge in [0.1, 0.15) is 19.6 Å². The Hall–Kier alpha value is -3.33. The summed E-state index contributed by atoms with van der Waals surface area (Å²) in [5, 5.41) is 19.7. The van der Waals surface area contributed by atoms with Crippen molar-refractivity contribution in [2.24, 2.45) is 7.05 Å². The molecule has 2 aromatic carbocycles. The summed E-state index contributed by atoms with van der Waals surface area (Å²) >= 11 is 0. The second-order valence-electron chi connectivity index (χ2n) is 8.51. The van der Waals surface area contributed by atoms with E-state index in [2.05, 4.69) is 45.5 Å². The number of rotatable bonds is 5. The van der Waals surface area contributed by atoms with E-state index in [1.165, 1.54) is 5.56 Å². The Balaban J connectivity index is 1.49. The lowest BCUT2D eigenvalue weighted by molar-refractivity contribution is -1.12. The third-order valence-electron chi connectivity index (χ3n) is 5.80. The zero-order valence-electron chi connectivity index (χ0n) is 18.3. The van der Waals surface area contributed by atoms with Crippen molar-refractivity contribution in [1.82, 2.24) is 19.7 Å². The van der Waals surface area contributed by atoms with E-state index in [4.69, 9.17) is 4.74 Å². The molecule has 0 spiro atoms. The number of hydroxylamine groups is 3. The van der Waals surface area contributed by atoms with Crippen LogP contribution in [0.4, 0.5) is 11.6 Å². The van der Waals surface area contributed by atoms with Gasteiger partial charge in [0.2, 0.25) is 5.95 Å². The zero-order chi connectivity index (χ0) is 22.1. The fourth-order valence-corrected chi connectivity index (χ4v) is 4.12. The van der Waals surface area contributed by atoms with Crippen molar-refractivity contribution in [3.8, 4) is 11.1 Å². The quantitative estimate of drug-likeness (QED) is 0.468. The van der Waals surface area contributed by atoms with Gasteiger partial charge >= 0.3 is 0 Å². The molecule has 0 aliphatic carbocycles. The topological polar surface area (TPSA) is 85.1 Å². The van der Waals surface area contributed by atoms with Crippen LogP contribution in [-0.4, -0.2) is 55.9 Å². The predicted octanol–water partition coefficient (Wildman–Crippen LogP) is 3.82. The van der Waals surface area contributed by atoms with E-state index in [-0.39, 0.29) is 4.65 Å². The van der Waals surface area contributed by atoms with Gasteiger partial charge in [-0.3, -0.25) is 4.68 Å². The lowest BCUT2D eigenvalue weighted by Crippen LogP contribution is -2.51. The molecule has 0 amide bonds. The van der Waals surface area contributed by atoms with E-state index in [0.29, 0.717) is 38.8 Å². The normalized spacial score (nSPS) is 15.7. The number of morpholine rings is 1. The molecule has 1 aliphatic heterocycles. The van der Waals surface area contributed by atoms with Gasteiger partial charge in [-0.1, -0.05) is 11.6 Å². The van der Waals surface area contributed by atoms with Crippen LogP contribution in [0.25, 0.3) is 22.0 Å². The summed E-state index contributed by atoms with van der Waals surface area (Å²) in [5.41, 5.74) is 6.00. The minimum absolute atomic E-state index is 0.0260. The van der Waals surface area contributed by atoms with Crippen LogP contribution in [-0.2, 0) is 18.3 Å². The van der Waals surface area contributed by atoms with Gasteiger partial charge in [0.05, 0.1) is 24.9 Å². The Morgan fingerprint density at radius 2 is 1.94 bits per heavy atom. The summed E-state index contributed by atoms with van der Waals surface area (Å²) in [6.45, 7) is 4.84. The first-order valence-electron chi connectivity index (χ1n) is 10.8. The molecule has 8 heteroatoms. The monoisotopic (exact) mass is 431 g/mol. The number of aryl methyl sites for hydroxylation is 2. The summed E-state index contributed by atoms with van der Waals surface area (Å²) < 4.78 is 7.19. The van der Waals surface area contributed by atoms with Crippen LogP contribution >= 0.6 is 0 Å². The SMILES string of the molecule is Cc1ccc2nc(Nc3cc(C[N+]4(O)CCOCC4)cc(-c4cnn(C)c4)c3)ncc2c1. The number of anilines is 2. The summed E-state index contributed by atoms with van der Waals surface area (Å²) in [6, 6.07) is 12.4. The molecule has 164 valence electrons. The highest BCUT2D eigenvalue weighted by atomic mass is 16.6. The molecule has 1 aliphatic rings. The van der Waals surface area contributed by atoms with Crippen LogP contribution in [0, 0.1) is 6.92 Å². The number of aromatic nitrogens is 4. The Bertz CT molecular complexity index is 1260. The maximum absolute atomic E-state index is 11.0. The van der Waals surface area contributed by atoms with E-state index in [0.717, 1.165) is 33.3 Å². The Labute approximate surface area is 186 Å². The Morgan fingerprint density at radius 3 is 2.72 bits per heavy atom. The molecular weight excluding hydrogens is 404 g/mol. The average molecular weight is 432 g/mol. The van der Waals surface area contributed by atoms with Gasteiger partial charge in [-0.25, -0.2) is 15.2 Å². The first kappa shape index (κ1) is 20.6. The molecule has 0 bridgehead atoms. The van der Waals surface area contributed by atoms with Gasteiger partial charge in [-0.2, -0.15) is 9.75 Å². The first-order valence-corrected chi connectivity index (χ1v) is 10.8. The number of nitrogens with one attached hydrogen (secondary N) is 1. The molecule has 4 aromatic rings. The molecule has 2 aromatic heterocycles. The lowest BCUT2D eigenvalue weighted by Gasteiger charge is -2.33. The highest BCUT2D eigenvalue weighted by Gasteiger charge is 2.29. The highest BCUT2D eigenvalue weighted by molar-refractivity contribution is 5.80. The van der Waals surface area contributed by atoms with Crippen LogP contribution in [0.5, 0.6) is 0 Å². The van der Waals surface area contributed by atoms with Gasteiger partial charge in [-0.05, 0) is 42.8 Å². The van der Waals surface area contributed by atoms with Crippen LogP contribution in [0.15, 0.2) is 55.0 Å². The van der Waals surface area contributed by atoms with Crippen molar-refractivity contribution < 1.29 is 14.6 Å². The maximum Gasteiger partial charge on any atom is 0.227 e. The van der Waals surface area contributed by atoms with Crippen LogP contribution in [0.1, 0.15) is 11.1 Å². The fourth-order valence-electron chi connectivity index (χ4n) is 4.12. The molecule has 8 nitrogen and oxygen atoms in total. The second kappa shape index (κ2) is 8.31. The summed E-state index contributed by atoms with van der Waals surface area (Å²) in [6.07, 6.45) is 5.66. The van der Waals surface area contributed by atoms with Gasteiger partial charge in [0.25, 0.3) is 0 Å². The second-order valence-corrected chi connectivity index (χ2v) is 8.51. The first-order chi connectivity index (χ1) is 15.5. The third kappa shape index (κ3) is 4.47. The van der Waals surface area contributed by atoms with Crippen molar-refractivity contribution in [2.75, 3.05) is 31.6 Å². The number of hydrogen-bond donors (Lipinski definition) is 2. The van der Waals surface area contributed by atoms with Gasteiger partial charge in [0.15, 0.2) is 0 Å². The number of ether oxygens (including phenoxy) is 1. The lowest BCUT2D eigenvalue weighted by atomic mass is 10.0. The molecule has 2 N–H and O–H groups in total. The van der Waals surface area contributed by atoms with Crippen molar-refractivity contribution in [3.05, 3.63) is 66.1 Å². The van der Waals surface area contributed by atoms with E-state index >= 15 is 0 Å². The standard InChI is InChI=1S/C24H27N6O2/c1-17-3-4-23-20(9-17)13-25-24(28-23)27-22-11-18(16-30(31)5-7-32-8-6-30)10-19(12-22)21-14-26-29(2)15-21/h3-4,9-15,31H,5-8,16H2,1-2H3,(H,25,27,28)/q+1. The van der Waals surface area contributed by atoms with Gasteiger partial charge in [-0.15, -0.1) is 0 Å². The average Bonchev–Trinajstić information content (AvgIpc) is 3.20. The summed E-state index contributed by atoms with van der Waals surface area (Å²) in [7, 11) is 1.90. The minimum atomic E-state index is -0.0260. The zero-order valence-corrected chi connectivity index (χ0v) is 18.3. The van der Waals surface area contributed by atoms with E-state index < -0.39 is 0 Å². The molecule has 0 unspecified atom stereocenters. The van der Waals surface area contributed by atoms with Crippen LogP contribution in [0.2, 0.25) is 0 Å². The summed E-state index contributed by atoms with van der Waals surface area (Å²) in [5.74, 6) is 0.537. The maximum atomic E-state index is 11.0. The molecule has 1 fully saturated rings. The highest BCUT2D eigenvalue weighted by Crippen LogP contribution is 2.28. The number of quaternary nitrogens is 1. The van der Waals surface area contributed by atoms with Crippen molar-refractivity contribution >= 4 is 22.5 Å². The molecular formula is C24H27N6O2+. The number of benzene rings is 2. The van der Waals surface area contributed by atoms with Crippen molar-refractivity contribution in [2.45, 2.75) is 13.5 Å². The largest absolute Gasteiger partial charge is 0.370 e. The molecule has 0 saturated carbocycles. The molecule has 32 heavy (non-hydrogen) atoms. The Kier molecular flexibility index (Phi) is 5.34. The van der Waals surface area contributed by atoms with Gasteiger partial charge < -0.3 is 10.1 Å². The third-order valence-corrected chi connectivity index (χ3v) is 5.80. The molecule has 5 rings (SSSR count). The summed E-state index contributed by atoms with van der Waals surface area (Å²) in [4.78, 5) is 9.17. The van der Waals surface area contributed by atoms with Gasteiger partial charge in [0, 0.05) is 41.6 Å². The smallest absolute Gasteiger partial charge is 0.227 e. The van der Waals surface area contributed by atoms with Crippen molar-refractivity contribution in [3.63, 3.8) is 0 Å². The van der Waals surface area contributed by atoms with Crippen LogP contribution < -0.4 is 5.32 Å².